The third-order valence-corrected chi connectivity index (χ3v) is 5.64. The lowest BCUT2D eigenvalue weighted by Crippen LogP contribution is -2.22. The van der Waals surface area contributed by atoms with E-state index >= 15 is 0 Å². The molecule has 1 fully saturated rings. The van der Waals surface area contributed by atoms with Crippen molar-refractivity contribution in [2.45, 2.75) is 25.0 Å². The van der Waals surface area contributed by atoms with Gasteiger partial charge in [-0.2, -0.15) is 0 Å². The molecule has 1 aromatic heterocycles. The van der Waals surface area contributed by atoms with Gasteiger partial charge in [-0.05, 0) is 46.3 Å². The normalized spacial score (nSPS) is 16.7. The first-order valence-electron chi connectivity index (χ1n) is 6.22. The standard InChI is InChI=1S/C13H16BrNO4S/c1-19-12(16)6-13(4-5-13)9-20(17,18)8-11-3-2-10(14)7-15-11/h2-3,7H,4-6,8-9H2,1H3. The second-order valence-electron chi connectivity index (χ2n) is 5.25. The first kappa shape index (κ1) is 15.4. The Hall–Kier alpha value is -0.950. The van der Waals surface area contributed by atoms with E-state index in [0.717, 1.165) is 17.3 Å². The number of pyridine rings is 1. The Morgan fingerprint density at radius 3 is 2.65 bits per heavy atom. The number of hydrogen-bond acceptors (Lipinski definition) is 5. The number of carbonyl (C=O) groups is 1. The van der Waals surface area contributed by atoms with Crippen LogP contribution in [0.3, 0.4) is 0 Å². The highest BCUT2D eigenvalue weighted by molar-refractivity contribution is 9.10. The average Bonchev–Trinajstić information content (AvgIpc) is 3.10. The fraction of sp³-hybridized carbons (Fsp3) is 0.538. The zero-order chi connectivity index (χ0) is 14.8. The topological polar surface area (TPSA) is 73.3 Å². The largest absolute Gasteiger partial charge is 0.469 e. The summed E-state index contributed by atoms with van der Waals surface area (Å²) in [6.07, 6.45) is 3.27. The second-order valence-corrected chi connectivity index (χ2v) is 8.23. The van der Waals surface area contributed by atoms with Crippen molar-refractivity contribution in [3.63, 3.8) is 0 Å². The first-order valence-corrected chi connectivity index (χ1v) is 8.83. The number of halogens is 1. The van der Waals surface area contributed by atoms with E-state index in [1.54, 1.807) is 18.3 Å². The number of nitrogens with zero attached hydrogens (tertiary/aromatic N) is 1. The highest BCUT2D eigenvalue weighted by Gasteiger charge is 2.47. The Labute approximate surface area is 126 Å². The average molecular weight is 362 g/mol. The van der Waals surface area contributed by atoms with Crippen LogP contribution in [-0.2, 0) is 25.1 Å². The van der Waals surface area contributed by atoms with E-state index in [4.69, 9.17) is 0 Å². The van der Waals surface area contributed by atoms with Crippen LogP contribution in [0, 0.1) is 5.41 Å². The third-order valence-electron chi connectivity index (χ3n) is 3.39. The van der Waals surface area contributed by atoms with Crippen LogP contribution in [0.1, 0.15) is 25.0 Å². The van der Waals surface area contributed by atoms with Gasteiger partial charge in [0.2, 0.25) is 0 Å². The maximum Gasteiger partial charge on any atom is 0.306 e. The van der Waals surface area contributed by atoms with Crippen molar-refractivity contribution >= 4 is 31.7 Å². The summed E-state index contributed by atoms with van der Waals surface area (Å²) in [7, 11) is -1.96. The predicted molar refractivity (Wildman–Crippen MR) is 77.7 cm³/mol. The van der Waals surface area contributed by atoms with Crippen molar-refractivity contribution in [3.05, 3.63) is 28.5 Å². The Morgan fingerprint density at radius 2 is 2.15 bits per heavy atom. The van der Waals surface area contributed by atoms with Gasteiger partial charge in [0.1, 0.15) is 0 Å². The number of rotatable bonds is 6. The molecule has 0 N–H and O–H groups in total. The van der Waals surface area contributed by atoms with Gasteiger partial charge in [-0.15, -0.1) is 0 Å². The number of sulfone groups is 1. The summed E-state index contributed by atoms with van der Waals surface area (Å²) >= 11 is 3.26. The van der Waals surface area contributed by atoms with Gasteiger partial charge < -0.3 is 4.74 Å². The van der Waals surface area contributed by atoms with E-state index in [-0.39, 0.29) is 23.9 Å². The number of hydrogen-bond donors (Lipinski definition) is 0. The van der Waals surface area contributed by atoms with Gasteiger partial charge >= 0.3 is 5.97 Å². The Morgan fingerprint density at radius 1 is 1.45 bits per heavy atom. The van der Waals surface area contributed by atoms with E-state index in [0.29, 0.717) is 5.69 Å². The minimum Gasteiger partial charge on any atom is -0.469 e. The molecule has 0 aliphatic heterocycles. The molecule has 1 aliphatic rings. The molecule has 0 saturated heterocycles. The Balaban J connectivity index is 2.01. The van der Waals surface area contributed by atoms with E-state index in [2.05, 4.69) is 25.7 Å². The fourth-order valence-corrected chi connectivity index (χ4v) is 4.44. The molecule has 0 aromatic carbocycles. The van der Waals surface area contributed by atoms with Gasteiger partial charge in [-0.25, -0.2) is 8.42 Å². The number of methoxy groups -OCH3 is 1. The van der Waals surface area contributed by atoms with Crippen LogP contribution in [0.15, 0.2) is 22.8 Å². The molecule has 2 rings (SSSR count). The molecule has 0 atom stereocenters. The Kier molecular flexibility index (Phi) is 4.49. The van der Waals surface area contributed by atoms with Gasteiger partial charge in [-0.3, -0.25) is 9.78 Å². The molecule has 1 saturated carbocycles. The molecule has 0 unspecified atom stereocenters. The lowest BCUT2D eigenvalue weighted by atomic mass is 10.1. The van der Waals surface area contributed by atoms with Crippen molar-refractivity contribution in [1.29, 1.82) is 0 Å². The molecule has 0 radical (unpaired) electrons. The molecule has 0 bridgehead atoms. The molecule has 110 valence electrons. The van der Waals surface area contributed by atoms with Gasteiger partial charge in [0.05, 0.1) is 30.7 Å². The maximum absolute atomic E-state index is 12.2. The van der Waals surface area contributed by atoms with Gasteiger partial charge in [-0.1, -0.05) is 0 Å². The fourth-order valence-electron chi connectivity index (χ4n) is 2.16. The molecular weight excluding hydrogens is 346 g/mol. The van der Waals surface area contributed by atoms with Crippen molar-refractivity contribution in [2.75, 3.05) is 12.9 Å². The number of aromatic nitrogens is 1. The van der Waals surface area contributed by atoms with E-state index in [1.165, 1.54) is 7.11 Å². The predicted octanol–water partition coefficient (Wildman–Crippen LogP) is 2.10. The van der Waals surface area contributed by atoms with Crippen molar-refractivity contribution < 1.29 is 17.9 Å². The van der Waals surface area contributed by atoms with Crippen LogP contribution >= 0.6 is 15.9 Å². The smallest absolute Gasteiger partial charge is 0.306 e. The number of carbonyl (C=O) groups excluding carboxylic acids is 1. The van der Waals surface area contributed by atoms with Crippen molar-refractivity contribution in [3.8, 4) is 0 Å². The lowest BCUT2D eigenvalue weighted by Gasteiger charge is -2.13. The van der Waals surface area contributed by atoms with Crippen LogP contribution < -0.4 is 0 Å². The van der Waals surface area contributed by atoms with Crippen LogP contribution in [0.5, 0.6) is 0 Å². The van der Waals surface area contributed by atoms with Crippen molar-refractivity contribution in [1.82, 2.24) is 4.98 Å². The van der Waals surface area contributed by atoms with Gasteiger partial charge in [0.25, 0.3) is 0 Å². The van der Waals surface area contributed by atoms with E-state index < -0.39 is 15.3 Å². The zero-order valence-corrected chi connectivity index (χ0v) is 13.5. The third kappa shape index (κ3) is 4.28. The second kappa shape index (κ2) is 5.81. The molecule has 0 spiro atoms. The SMILES string of the molecule is COC(=O)CC1(CS(=O)(=O)Cc2ccc(Br)cn2)CC1. The molecule has 5 nitrogen and oxygen atoms in total. The summed E-state index contributed by atoms with van der Waals surface area (Å²) in [6, 6.07) is 3.45. The summed E-state index contributed by atoms with van der Waals surface area (Å²) in [5, 5.41) is 0. The zero-order valence-electron chi connectivity index (χ0n) is 11.1. The highest BCUT2D eigenvalue weighted by atomic mass is 79.9. The van der Waals surface area contributed by atoms with Crippen LogP contribution in [-0.4, -0.2) is 32.2 Å². The minimum atomic E-state index is -3.28. The maximum atomic E-state index is 12.2. The molecule has 20 heavy (non-hydrogen) atoms. The highest BCUT2D eigenvalue weighted by Crippen LogP contribution is 2.50. The minimum absolute atomic E-state index is 0.0207. The molecule has 0 amide bonds. The number of esters is 1. The summed E-state index contributed by atoms with van der Waals surface area (Å²) in [5.41, 5.74) is 0.100. The molecule has 1 aromatic rings. The quantitative estimate of drug-likeness (QED) is 0.725. The molecule has 7 heteroatoms. The molecule has 1 aliphatic carbocycles. The summed E-state index contributed by atoms with van der Waals surface area (Å²) in [6.45, 7) is 0. The van der Waals surface area contributed by atoms with Gasteiger partial charge in [0.15, 0.2) is 9.84 Å². The van der Waals surface area contributed by atoms with Gasteiger partial charge in [0, 0.05) is 10.7 Å². The summed E-state index contributed by atoms with van der Waals surface area (Å²) in [4.78, 5) is 15.4. The lowest BCUT2D eigenvalue weighted by molar-refractivity contribution is -0.141. The summed E-state index contributed by atoms with van der Waals surface area (Å²) in [5.74, 6) is -0.421. The summed E-state index contributed by atoms with van der Waals surface area (Å²) < 4.78 is 29.8. The van der Waals surface area contributed by atoms with Crippen LogP contribution in [0.25, 0.3) is 0 Å². The molecular formula is C13H16BrNO4S. The van der Waals surface area contributed by atoms with Crippen molar-refractivity contribution in [2.24, 2.45) is 5.41 Å². The van der Waals surface area contributed by atoms with Crippen LogP contribution in [0.4, 0.5) is 0 Å². The Bertz CT molecular complexity index is 593. The van der Waals surface area contributed by atoms with E-state index in [1.807, 2.05) is 0 Å². The van der Waals surface area contributed by atoms with Crippen LogP contribution in [0.2, 0.25) is 0 Å². The first-order chi connectivity index (χ1) is 9.34. The number of ether oxygens (including phenoxy) is 1. The molecule has 1 heterocycles. The monoisotopic (exact) mass is 361 g/mol. The van der Waals surface area contributed by atoms with E-state index in [9.17, 15) is 13.2 Å².